The van der Waals surface area contributed by atoms with Gasteiger partial charge >= 0.3 is 0 Å². The number of carbonyl (C=O) groups is 1. The monoisotopic (exact) mass is 239 g/mol. The van der Waals surface area contributed by atoms with Crippen molar-refractivity contribution in [2.75, 3.05) is 27.9 Å². The minimum absolute atomic E-state index is 0.0735. The molecule has 1 aromatic carbocycles. The summed E-state index contributed by atoms with van der Waals surface area (Å²) in [5.74, 6) is 0.708. The van der Waals surface area contributed by atoms with Crippen LogP contribution in [0.2, 0.25) is 0 Å². The van der Waals surface area contributed by atoms with Gasteiger partial charge in [0.05, 0.1) is 32.9 Å². The van der Waals surface area contributed by atoms with Crippen molar-refractivity contribution in [3.05, 3.63) is 23.3 Å². The Balaban J connectivity index is 3.31. The van der Waals surface area contributed by atoms with Gasteiger partial charge in [0.25, 0.3) is 0 Å². The molecule has 17 heavy (non-hydrogen) atoms. The van der Waals surface area contributed by atoms with Gasteiger partial charge in [0.1, 0.15) is 0 Å². The number of nitrogens with two attached hydrogens (primary N) is 1. The number of ketones is 1. The van der Waals surface area contributed by atoms with Crippen LogP contribution in [-0.2, 0) is 11.3 Å². The van der Waals surface area contributed by atoms with Gasteiger partial charge in [-0.25, -0.2) is 0 Å². The maximum Gasteiger partial charge on any atom is 0.180 e. The third kappa shape index (κ3) is 2.95. The second kappa shape index (κ2) is 6.22. The molecule has 5 nitrogen and oxygen atoms in total. The molecule has 0 saturated carbocycles. The highest BCUT2D eigenvalue weighted by molar-refractivity contribution is 6.01. The quantitative estimate of drug-likeness (QED) is 0.750. The van der Waals surface area contributed by atoms with Gasteiger partial charge < -0.3 is 19.9 Å². The first-order chi connectivity index (χ1) is 8.17. The highest BCUT2D eigenvalue weighted by Gasteiger charge is 2.17. The molecule has 0 heterocycles. The normalized spacial score (nSPS) is 10.1. The van der Waals surface area contributed by atoms with Crippen molar-refractivity contribution in [1.82, 2.24) is 0 Å². The van der Waals surface area contributed by atoms with E-state index in [0.717, 1.165) is 5.56 Å². The fraction of sp³-hybridized carbons (Fsp3) is 0.417. The zero-order valence-electron chi connectivity index (χ0n) is 10.3. The number of methoxy groups -OCH3 is 3. The van der Waals surface area contributed by atoms with E-state index in [1.165, 1.54) is 14.2 Å². The van der Waals surface area contributed by atoms with Crippen molar-refractivity contribution in [3.63, 3.8) is 0 Å². The summed E-state index contributed by atoms with van der Waals surface area (Å²) in [4.78, 5) is 11.7. The Hall–Kier alpha value is -1.59. The lowest BCUT2D eigenvalue weighted by Crippen LogP contribution is -2.15. The average Bonchev–Trinajstić information content (AvgIpc) is 2.37. The molecular weight excluding hydrogens is 222 g/mol. The summed E-state index contributed by atoms with van der Waals surface area (Å²) in [5.41, 5.74) is 6.62. The third-order valence-electron chi connectivity index (χ3n) is 2.34. The molecule has 0 bridgehead atoms. The summed E-state index contributed by atoms with van der Waals surface area (Å²) >= 11 is 0. The average molecular weight is 239 g/mol. The van der Waals surface area contributed by atoms with Crippen molar-refractivity contribution in [2.45, 2.75) is 6.61 Å². The summed E-state index contributed by atoms with van der Waals surface area (Å²) in [6.45, 7) is 0.321. The molecule has 0 fully saturated rings. The molecule has 5 heteroatoms. The third-order valence-corrected chi connectivity index (χ3v) is 2.34. The molecule has 0 unspecified atom stereocenters. The van der Waals surface area contributed by atoms with Gasteiger partial charge in [-0.15, -0.1) is 0 Å². The predicted molar refractivity (Wildman–Crippen MR) is 63.6 cm³/mol. The Morgan fingerprint density at radius 1 is 1.24 bits per heavy atom. The van der Waals surface area contributed by atoms with Crippen molar-refractivity contribution in [2.24, 2.45) is 5.73 Å². The Morgan fingerprint density at radius 3 is 2.41 bits per heavy atom. The highest BCUT2D eigenvalue weighted by atomic mass is 16.5. The molecule has 0 spiro atoms. The fourth-order valence-corrected chi connectivity index (χ4v) is 1.59. The molecule has 0 saturated heterocycles. The van der Waals surface area contributed by atoms with Crippen LogP contribution in [0.3, 0.4) is 0 Å². The lowest BCUT2D eigenvalue weighted by molar-refractivity contribution is 0.0997. The van der Waals surface area contributed by atoms with E-state index in [-0.39, 0.29) is 12.3 Å². The van der Waals surface area contributed by atoms with Crippen LogP contribution in [0.1, 0.15) is 15.9 Å². The van der Waals surface area contributed by atoms with Gasteiger partial charge in [0, 0.05) is 7.11 Å². The Labute approximate surface area is 100 Å². The predicted octanol–water partition coefficient (Wildman–Crippen LogP) is 0.992. The van der Waals surface area contributed by atoms with E-state index in [9.17, 15) is 4.79 Å². The Morgan fingerprint density at radius 2 is 1.94 bits per heavy atom. The first-order valence-corrected chi connectivity index (χ1v) is 5.15. The van der Waals surface area contributed by atoms with Crippen molar-refractivity contribution < 1.29 is 19.0 Å². The van der Waals surface area contributed by atoms with E-state index in [1.807, 2.05) is 0 Å². The summed E-state index contributed by atoms with van der Waals surface area (Å²) in [7, 11) is 4.59. The molecule has 0 aliphatic heterocycles. The highest BCUT2D eigenvalue weighted by Crippen LogP contribution is 2.33. The SMILES string of the molecule is COCc1cc(OC)c(OC)c(C(=O)CN)c1. The zero-order valence-corrected chi connectivity index (χ0v) is 10.3. The number of ether oxygens (including phenoxy) is 3. The number of Topliss-reactive ketones (excluding diaryl/α,β-unsaturated/α-hetero) is 1. The van der Waals surface area contributed by atoms with Crippen LogP contribution in [0, 0.1) is 0 Å². The van der Waals surface area contributed by atoms with Crippen molar-refractivity contribution in [3.8, 4) is 11.5 Å². The van der Waals surface area contributed by atoms with Crippen LogP contribution in [0.5, 0.6) is 11.5 Å². The zero-order chi connectivity index (χ0) is 12.8. The fourth-order valence-electron chi connectivity index (χ4n) is 1.59. The van der Waals surface area contributed by atoms with E-state index >= 15 is 0 Å². The van der Waals surface area contributed by atoms with Crippen LogP contribution in [0.15, 0.2) is 12.1 Å². The van der Waals surface area contributed by atoms with E-state index < -0.39 is 0 Å². The Kier molecular flexibility index (Phi) is 4.93. The first-order valence-electron chi connectivity index (χ1n) is 5.15. The largest absolute Gasteiger partial charge is 0.493 e. The van der Waals surface area contributed by atoms with Crippen molar-refractivity contribution >= 4 is 5.78 Å². The van der Waals surface area contributed by atoms with Gasteiger partial charge in [-0.05, 0) is 17.7 Å². The summed E-state index contributed by atoms with van der Waals surface area (Å²) < 4.78 is 15.4. The standard InChI is InChI=1S/C12H17NO4/c1-15-7-8-4-9(10(14)6-13)12(17-3)11(5-8)16-2/h4-5H,6-7,13H2,1-3H3. The van der Waals surface area contributed by atoms with E-state index in [2.05, 4.69) is 0 Å². The van der Waals surface area contributed by atoms with E-state index in [1.54, 1.807) is 19.2 Å². The number of benzene rings is 1. The van der Waals surface area contributed by atoms with Gasteiger partial charge in [-0.2, -0.15) is 0 Å². The van der Waals surface area contributed by atoms with Crippen LogP contribution in [0.4, 0.5) is 0 Å². The molecule has 2 N–H and O–H groups in total. The maximum atomic E-state index is 11.7. The maximum absolute atomic E-state index is 11.7. The molecule has 0 aliphatic carbocycles. The summed E-state index contributed by atoms with van der Waals surface area (Å²) in [5, 5.41) is 0. The Bertz CT molecular complexity index is 404. The molecule has 0 atom stereocenters. The topological polar surface area (TPSA) is 70.8 Å². The number of hydrogen-bond donors (Lipinski definition) is 1. The molecular formula is C12H17NO4. The molecule has 1 aromatic rings. The number of carbonyl (C=O) groups excluding carboxylic acids is 1. The van der Waals surface area contributed by atoms with Crippen molar-refractivity contribution in [1.29, 1.82) is 0 Å². The number of rotatable bonds is 6. The lowest BCUT2D eigenvalue weighted by Gasteiger charge is -2.13. The summed E-state index contributed by atoms with van der Waals surface area (Å²) in [6.07, 6.45) is 0. The number of hydrogen-bond acceptors (Lipinski definition) is 5. The molecule has 0 aromatic heterocycles. The second-order valence-electron chi connectivity index (χ2n) is 3.44. The lowest BCUT2D eigenvalue weighted by atomic mass is 10.0. The smallest absolute Gasteiger partial charge is 0.180 e. The van der Waals surface area contributed by atoms with Crippen LogP contribution in [-0.4, -0.2) is 33.7 Å². The van der Waals surface area contributed by atoms with Crippen LogP contribution >= 0.6 is 0 Å². The van der Waals surface area contributed by atoms with Crippen LogP contribution in [0.25, 0.3) is 0 Å². The molecule has 0 radical (unpaired) electrons. The molecule has 0 amide bonds. The van der Waals surface area contributed by atoms with Crippen LogP contribution < -0.4 is 15.2 Å². The van der Waals surface area contributed by atoms with Gasteiger partial charge in [-0.1, -0.05) is 0 Å². The van der Waals surface area contributed by atoms with E-state index in [0.29, 0.717) is 23.7 Å². The molecule has 1 rings (SSSR count). The van der Waals surface area contributed by atoms with Gasteiger partial charge in [0.2, 0.25) is 0 Å². The minimum Gasteiger partial charge on any atom is -0.493 e. The van der Waals surface area contributed by atoms with Gasteiger partial charge in [-0.3, -0.25) is 4.79 Å². The second-order valence-corrected chi connectivity index (χ2v) is 3.44. The molecule has 0 aliphatic rings. The van der Waals surface area contributed by atoms with E-state index in [4.69, 9.17) is 19.9 Å². The summed E-state index contributed by atoms with van der Waals surface area (Å²) in [6, 6.07) is 3.48. The molecule has 94 valence electrons. The van der Waals surface area contributed by atoms with Gasteiger partial charge in [0.15, 0.2) is 17.3 Å². The minimum atomic E-state index is -0.196. The first kappa shape index (κ1) is 13.5.